The summed E-state index contributed by atoms with van der Waals surface area (Å²) in [5.74, 6) is 2.22. The normalized spacial score (nSPS) is 22.9. The first-order valence-electron chi connectivity index (χ1n) is 9.78. The molecule has 1 unspecified atom stereocenters. The molecule has 3 rings (SSSR count). The molecule has 0 spiro atoms. The Bertz CT molecular complexity index is 770. The van der Waals surface area contributed by atoms with E-state index in [0.29, 0.717) is 19.1 Å². The average molecular weight is 410 g/mol. The lowest BCUT2D eigenvalue weighted by molar-refractivity contribution is 0.299. The van der Waals surface area contributed by atoms with Crippen LogP contribution in [-0.4, -0.2) is 90.3 Å². The summed E-state index contributed by atoms with van der Waals surface area (Å²) in [5, 5.41) is 6.84. The van der Waals surface area contributed by atoms with Crippen LogP contribution in [0.15, 0.2) is 29.3 Å². The van der Waals surface area contributed by atoms with Crippen molar-refractivity contribution < 1.29 is 13.2 Å². The van der Waals surface area contributed by atoms with Gasteiger partial charge in [0.25, 0.3) is 0 Å². The van der Waals surface area contributed by atoms with E-state index < -0.39 is 9.84 Å². The second kappa shape index (κ2) is 9.47. The highest BCUT2D eigenvalue weighted by Gasteiger charge is 2.25. The van der Waals surface area contributed by atoms with E-state index in [1.165, 1.54) is 0 Å². The molecule has 8 nitrogen and oxygen atoms in total. The van der Waals surface area contributed by atoms with E-state index in [2.05, 4.69) is 31.5 Å². The first kappa shape index (κ1) is 20.7. The Balaban J connectivity index is 1.43. The van der Waals surface area contributed by atoms with Crippen molar-refractivity contribution in [2.24, 2.45) is 4.99 Å². The van der Waals surface area contributed by atoms with Crippen LogP contribution >= 0.6 is 0 Å². The summed E-state index contributed by atoms with van der Waals surface area (Å²) in [4.78, 5) is 8.84. The molecule has 28 heavy (non-hydrogen) atoms. The van der Waals surface area contributed by atoms with Crippen molar-refractivity contribution in [3.8, 4) is 5.75 Å². The van der Waals surface area contributed by atoms with Crippen molar-refractivity contribution in [2.45, 2.75) is 12.5 Å². The standard InChI is InChI=1S/C19H31N5O3S/c1-20-19(21-8-10-23-11-13-28(25,26)14-12-23)22-16-7-9-24(15-16)17-5-3-4-6-18(17)27-2/h3-6,16H,7-15H2,1-2H3,(H2,20,21,22). The highest BCUT2D eigenvalue weighted by molar-refractivity contribution is 7.91. The quantitative estimate of drug-likeness (QED) is 0.512. The molecule has 2 saturated heterocycles. The Morgan fingerprint density at radius 1 is 1.25 bits per heavy atom. The fourth-order valence-corrected chi connectivity index (χ4v) is 4.96. The Hall–Kier alpha value is -2.00. The molecule has 9 heteroatoms. The van der Waals surface area contributed by atoms with E-state index in [4.69, 9.17) is 4.74 Å². The number of aliphatic imine (C=N–C) groups is 1. The van der Waals surface area contributed by atoms with Crippen molar-refractivity contribution in [1.29, 1.82) is 0 Å². The predicted molar refractivity (Wildman–Crippen MR) is 113 cm³/mol. The van der Waals surface area contributed by atoms with Crippen molar-refractivity contribution >= 4 is 21.5 Å². The summed E-state index contributed by atoms with van der Waals surface area (Å²) in [5.41, 5.74) is 1.12. The van der Waals surface area contributed by atoms with Crippen molar-refractivity contribution in [1.82, 2.24) is 15.5 Å². The summed E-state index contributed by atoms with van der Waals surface area (Å²) in [6.45, 7) is 4.65. The number of hydrogen-bond donors (Lipinski definition) is 2. The minimum absolute atomic E-state index is 0.265. The lowest BCUT2D eigenvalue weighted by Gasteiger charge is -2.27. The number of guanidine groups is 1. The van der Waals surface area contributed by atoms with Gasteiger partial charge in [-0.1, -0.05) is 12.1 Å². The summed E-state index contributed by atoms with van der Waals surface area (Å²) in [6, 6.07) is 8.41. The minimum Gasteiger partial charge on any atom is -0.495 e. The first-order valence-corrected chi connectivity index (χ1v) is 11.6. The lowest BCUT2D eigenvalue weighted by Crippen LogP contribution is -2.48. The smallest absolute Gasteiger partial charge is 0.191 e. The summed E-state index contributed by atoms with van der Waals surface area (Å²) in [7, 11) is 0.654. The largest absolute Gasteiger partial charge is 0.495 e. The molecule has 1 aromatic rings. The molecule has 156 valence electrons. The van der Waals surface area contributed by atoms with E-state index in [0.717, 1.165) is 50.0 Å². The lowest BCUT2D eigenvalue weighted by atomic mass is 10.2. The summed E-state index contributed by atoms with van der Waals surface area (Å²) < 4.78 is 28.5. The van der Waals surface area contributed by atoms with Gasteiger partial charge in [-0.25, -0.2) is 8.42 Å². The Kier molecular flexibility index (Phi) is 7.01. The van der Waals surface area contributed by atoms with Crippen molar-refractivity contribution in [3.63, 3.8) is 0 Å². The zero-order valence-electron chi connectivity index (χ0n) is 16.7. The maximum absolute atomic E-state index is 11.5. The number of methoxy groups -OCH3 is 1. The number of hydrogen-bond acceptors (Lipinski definition) is 6. The SMILES string of the molecule is CN=C(NCCN1CCS(=O)(=O)CC1)NC1CCN(c2ccccc2OC)C1. The third-order valence-electron chi connectivity index (χ3n) is 5.34. The number of anilines is 1. The number of nitrogens with zero attached hydrogens (tertiary/aromatic N) is 3. The zero-order valence-corrected chi connectivity index (χ0v) is 17.5. The van der Waals surface area contributed by atoms with Crippen LogP contribution in [0.2, 0.25) is 0 Å². The third kappa shape index (κ3) is 5.51. The van der Waals surface area contributed by atoms with Crippen LogP contribution in [0.1, 0.15) is 6.42 Å². The molecule has 0 amide bonds. The molecule has 1 aromatic carbocycles. The molecular weight excluding hydrogens is 378 g/mol. The van der Waals surface area contributed by atoms with Crippen molar-refractivity contribution in [2.75, 3.05) is 69.8 Å². The van der Waals surface area contributed by atoms with Gasteiger partial charge >= 0.3 is 0 Å². The van der Waals surface area contributed by atoms with Gasteiger partial charge in [-0.2, -0.15) is 0 Å². The van der Waals surface area contributed by atoms with Crippen LogP contribution in [0, 0.1) is 0 Å². The Morgan fingerprint density at radius 3 is 2.71 bits per heavy atom. The molecule has 0 saturated carbocycles. The van der Waals surface area contributed by atoms with E-state index >= 15 is 0 Å². The van der Waals surface area contributed by atoms with E-state index in [1.807, 2.05) is 18.2 Å². The van der Waals surface area contributed by atoms with Gasteiger partial charge in [0.05, 0.1) is 24.3 Å². The van der Waals surface area contributed by atoms with E-state index in [-0.39, 0.29) is 11.5 Å². The molecule has 1 atom stereocenters. The Morgan fingerprint density at radius 2 is 2.00 bits per heavy atom. The number of ether oxygens (including phenoxy) is 1. The first-order chi connectivity index (χ1) is 13.5. The molecule has 2 heterocycles. The highest BCUT2D eigenvalue weighted by atomic mass is 32.2. The van der Waals surface area contributed by atoms with E-state index in [9.17, 15) is 8.42 Å². The third-order valence-corrected chi connectivity index (χ3v) is 6.95. The second-order valence-electron chi connectivity index (χ2n) is 7.24. The van der Waals surface area contributed by atoms with Crippen molar-refractivity contribution in [3.05, 3.63) is 24.3 Å². The maximum atomic E-state index is 11.5. The van der Waals surface area contributed by atoms with Gasteiger partial charge in [-0.15, -0.1) is 0 Å². The molecule has 0 aliphatic carbocycles. The zero-order chi connectivity index (χ0) is 20.0. The van der Waals surface area contributed by atoms with Gasteiger partial charge in [0.1, 0.15) is 5.75 Å². The van der Waals surface area contributed by atoms with Gasteiger partial charge in [-0.3, -0.25) is 9.89 Å². The van der Waals surface area contributed by atoms with Gasteiger partial charge in [0, 0.05) is 52.4 Å². The molecular formula is C19H31N5O3S. The number of rotatable bonds is 6. The maximum Gasteiger partial charge on any atom is 0.191 e. The average Bonchev–Trinajstić information content (AvgIpc) is 3.16. The Labute approximate surface area is 167 Å². The number of para-hydroxylation sites is 2. The molecule has 2 N–H and O–H groups in total. The predicted octanol–water partition coefficient (Wildman–Crippen LogP) is 0.169. The van der Waals surface area contributed by atoms with Crippen LogP contribution in [0.4, 0.5) is 5.69 Å². The molecule has 2 aliphatic rings. The molecule has 0 bridgehead atoms. The van der Waals surface area contributed by atoms with Gasteiger partial charge in [0.2, 0.25) is 0 Å². The fraction of sp³-hybridized carbons (Fsp3) is 0.632. The molecule has 0 radical (unpaired) electrons. The van der Waals surface area contributed by atoms with Crippen LogP contribution in [0.5, 0.6) is 5.75 Å². The summed E-state index contributed by atoms with van der Waals surface area (Å²) >= 11 is 0. The number of benzene rings is 1. The molecule has 2 aliphatic heterocycles. The van der Waals surface area contributed by atoms with Crippen LogP contribution < -0.4 is 20.3 Å². The van der Waals surface area contributed by atoms with E-state index in [1.54, 1.807) is 14.2 Å². The van der Waals surface area contributed by atoms with Gasteiger partial charge in [0.15, 0.2) is 15.8 Å². The monoisotopic (exact) mass is 409 g/mol. The fourth-order valence-electron chi connectivity index (χ4n) is 3.68. The van der Waals surface area contributed by atoms with Crippen LogP contribution in [0.3, 0.4) is 0 Å². The van der Waals surface area contributed by atoms with Gasteiger partial charge < -0.3 is 20.3 Å². The van der Waals surface area contributed by atoms with Crippen LogP contribution in [-0.2, 0) is 9.84 Å². The second-order valence-corrected chi connectivity index (χ2v) is 9.54. The number of nitrogens with one attached hydrogen (secondary N) is 2. The minimum atomic E-state index is -2.82. The van der Waals surface area contributed by atoms with Crippen LogP contribution in [0.25, 0.3) is 0 Å². The molecule has 0 aromatic heterocycles. The molecule has 2 fully saturated rings. The van der Waals surface area contributed by atoms with Gasteiger partial charge in [-0.05, 0) is 18.6 Å². The number of sulfone groups is 1. The summed E-state index contributed by atoms with van der Waals surface area (Å²) in [6.07, 6.45) is 1.03. The topological polar surface area (TPSA) is 86.3 Å². The highest BCUT2D eigenvalue weighted by Crippen LogP contribution is 2.30.